The van der Waals surface area contributed by atoms with E-state index in [2.05, 4.69) is 9.97 Å². The largest absolute Gasteiger partial charge is 0.304 e. The zero-order chi connectivity index (χ0) is 6.97. The molecule has 0 amide bonds. The number of nitrogens with zero attached hydrogens (tertiary/aromatic N) is 3. The standard InChI is InChI=1S/C6H5N3/c1-3-9-4-2-8-6(9)5-7-1/h1-5H/i3D. The summed E-state index contributed by atoms with van der Waals surface area (Å²) in [6.45, 7) is 0. The number of aromatic nitrogens is 3. The van der Waals surface area contributed by atoms with Crippen LogP contribution in [-0.2, 0) is 0 Å². The number of imidazole rings is 1. The van der Waals surface area contributed by atoms with Gasteiger partial charge < -0.3 is 4.40 Å². The van der Waals surface area contributed by atoms with E-state index in [1.165, 1.54) is 6.20 Å². The van der Waals surface area contributed by atoms with Crippen molar-refractivity contribution in [1.82, 2.24) is 14.4 Å². The summed E-state index contributed by atoms with van der Waals surface area (Å²) in [6, 6.07) is 0. The minimum absolute atomic E-state index is 0.356. The maximum atomic E-state index is 7.34. The lowest BCUT2D eigenvalue weighted by Crippen LogP contribution is -1.81. The van der Waals surface area contributed by atoms with Crippen molar-refractivity contribution in [2.45, 2.75) is 0 Å². The van der Waals surface area contributed by atoms with Crippen LogP contribution in [-0.4, -0.2) is 14.4 Å². The third kappa shape index (κ3) is 0.579. The fourth-order valence-corrected chi connectivity index (χ4v) is 0.719. The maximum Gasteiger partial charge on any atom is 0.155 e. The smallest absolute Gasteiger partial charge is 0.155 e. The minimum Gasteiger partial charge on any atom is -0.304 e. The van der Waals surface area contributed by atoms with Crippen LogP contribution in [0.3, 0.4) is 0 Å². The molecule has 2 aromatic heterocycles. The van der Waals surface area contributed by atoms with Crippen molar-refractivity contribution in [3.8, 4) is 0 Å². The summed E-state index contributed by atoms with van der Waals surface area (Å²) in [5.41, 5.74) is 0.715. The molecule has 0 bridgehead atoms. The van der Waals surface area contributed by atoms with E-state index in [4.69, 9.17) is 1.37 Å². The Balaban J connectivity index is 2.95. The van der Waals surface area contributed by atoms with Gasteiger partial charge in [0, 0.05) is 24.8 Å². The number of hydrogen-bond acceptors (Lipinski definition) is 2. The number of fused-ring (bicyclic) bond motifs is 1. The summed E-state index contributed by atoms with van der Waals surface area (Å²) in [4.78, 5) is 7.77. The second-order valence-corrected chi connectivity index (χ2v) is 1.69. The van der Waals surface area contributed by atoms with E-state index in [1.807, 2.05) is 0 Å². The lowest BCUT2D eigenvalue weighted by Gasteiger charge is -1.86. The molecule has 0 aliphatic carbocycles. The van der Waals surface area contributed by atoms with Crippen molar-refractivity contribution in [2.24, 2.45) is 0 Å². The Morgan fingerprint density at radius 3 is 3.44 bits per heavy atom. The van der Waals surface area contributed by atoms with Crippen molar-refractivity contribution in [1.29, 1.82) is 0 Å². The molecule has 0 aliphatic heterocycles. The average Bonchev–Trinajstić information content (AvgIpc) is 2.36. The lowest BCUT2D eigenvalue weighted by molar-refractivity contribution is 1.13. The predicted molar refractivity (Wildman–Crippen MR) is 33.0 cm³/mol. The molecule has 0 N–H and O–H groups in total. The summed E-state index contributed by atoms with van der Waals surface area (Å²) in [7, 11) is 0. The molecule has 3 nitrogen and oxygen atoms in total. The van der Waals surface area contributed by atoms with Crippen LogP contribution in [0.5, 0.6) is 0 Å². The van der Waals surface area contributed by atoms with Crippen LogP contribution < -0.4 is 0 Å². The molecule has 2 heterocycles. The average molecular weight is 120 g/mol. The Morgan fingerprint density at radius 1 is 1.56 bits per heavy atom. The molecule has 0 saturated carbocycles. The molecule has 0 aromatic carbocycles. The van der Waals surface area contributed by atoms with Gasteiger partial charge >= 0.3 is 0 Å². The van der Waals surface area contributed by atoms with Gasteiger partial charge in [0.05, 0.1) is 7.57 Å². The summed E-state index contributed by atoms with van der Waals surface area (Å²) < 4.78 is 9.00. The first-order valence-electron chi connectivity index (χ1n) is 3.11. The maximum absolute atomic E-state index is 7.34. The molecule has 0 radical (unpaired) electrons. The zero-order valence-corrected chi connectivity index (χ0v) is 4.65. The molecule has 0 spiro atoms. The van der Waals surface area contributed by atoms with E-state index in [9.17, 15) is 0 Å². The molecule has 0 fully saturated rings. The molecule has 0 saturated heterocycles. The van der Waals surface area contributed by atoms with Gasteiger partial charge in [-0.2, -0.15) is 0 Å². The van der Waals surface area contributed by atoms with Crippen LogP contribution in [0.15, 0.2) is 31.0 Å². The van der Waals surface area contributed by atoms with Crippen molar-refractivity contribution >= 4 is 5.65 Å². The molecule has 9 heavy (non-hydrogen) atoms. The van der Waals surface area contributed by atoms with Crippen molar-refractivity contribution in [3.63, 3.8) is 0 Å². The van der Waals surface area contributed by atoms with Gasteiger partial charge in [-0.3, -0.25) is 4.98 Å². The second-order valence-electron chi connectivity index (χ2n) is 1.69. The van der Waals surface area contributed by atoms with E-state index in [0.717, 1.165) is 0 Å². The molecule has 2 rings (SSSR count). The Kier molecular flexibility index (Phi) is 0.621. The molecule has 0 atom stereocenters. The Labute approximate surface area is 53.4 Å². The third-order valence-corrected chi connectivity index (χ3v) is 1.13. The SMILES string of the molecule is [2H]c1cncc2nccn12. The van der Waals surface area contributed by atoms with Gasteiger partial charge in [-0.05, 0) is 0 Å². The quantitative estimate of drug-likeness (QED) is 0.513. The first kappa shape index (κ1) is 3.61. The van der Waals surface area contributed by atoms with E-state index in [0.29, 0.717) is 11.8 Å². The van der Waals surface area contributed by atoms with Crippen LogP contribution in [0.25, 0.3) is 5.65 Å². The Morgan fingerprint density at radius 2 is 2.56 bits per heavy atom. The Hall–Kier alpha value is -1.38. The van der Waals surface area contributed by atoms with Crippen LogP contribution in [0.2, 0.25) is 0 Å². The monoisotopic (exact) mass is 120 g/mol. The molecule has 3 heteroatoms. The molecule has 0 unspecified atom stereocenters. The van der Waals surface area contributed by atoms with Crippen molar-refractivity contribution in [2.75, 3.05) is 0 Å². The highest BCUT2D eigenvalue weighted by Crippen LogP contribution is 1.93. The highest BCUT2D eigenvalue weighted by atomic mass is 15.0. The van der Waals surface area contributed by atoms with Crippen LogP contribution in [0.4, 0.5) is 0 Å². The normalized spacial score (nSPS) is 11.8. The second kappa shape index (κ2) is 1.55. The van der Waals surface area contributed by atoms with Crippen LogP contribution in [0.1, 0.15) is 1.37 Å². The van der Waals surface area contributed by atoms with Gasteiger partial charge in [0.2, 0.25) is 0 Å². The number of rotatable bonds is 0. The first-order chi connectivity index (χ1) is 4.88. The van der Waals surface area contributed by atoms with Gasteiger partial charge in [-0.15, -0.1) is 0 Å². The lowest BCUT2D eigenvalue weighted by atomic mass is 10.7. The summed E-state index contributed by atoms with van der Waals surface area (Å²) in [5, 5.41) is 0. The summed E-state index contributed by atoms with van der Waals surface area (Å²) in [6.07, 6.45) is 6.84. The van der Waals surface area contributed by atoms with E-state index in [-0.39, 0.29) is 0 Å². The highest BCUT2D eigenvalue weighted by Gasteiger charge is 1.86. The summed E-state index contributed by atoms with van der Waals surface area (Å²) in [5.74, 6) is 0. The van der Waals surface area contributed by atoms with Gasteiger partial charge in [0.1, 0.15) is 0 Å². The van der Waals surface area contributed by atoms with Gasteiger partial charge in [0.25, 0.3) is 0 Å². The third-order valence-electron chi connectivity index (χ3n) is 1.13. The van der Waals surface area contributed by atoms with Crippen LogP contribution in [0, 0.1) is 0 Å². The van der Waals surface area contributed by atoms with Gasteiger partial charge in [-0.1, -0.05) is 0 Å². The van der Waals surface area contributed by atoms with Crippen LogP contribution >= 0.6 is 0 Å². The molecular formula is C6H5N3. The topological polar surface area (TPSA) is 30.2 Å². The number of hydrogen-bond donors (Lipinski definition) is 0. The molecular weight excluding hydrogens is 114 g/mol. The minimum atomic E-state index is 0.356. The van der Waals surface area contributed by atoms with Crippen molar-refractivity contribution < 1.29 is 1.37 Å². The zero-order valence-electron chi connectivity index (χ0n) is 5.65. The fourth-order valence-electron chi connectivity index (χ4n) is 0.719. The highest BCUT2D eigenvalue weighted by molar-refractivity contribution is 5.33. The molecule has 44 valence electrons. The van der Waals surface area contributed by atoms with Crippen molar-refractivity contribution in [3.05, 3.63) is 31.0 Å². The van der Waals surface area contributed by atoms with E-state index < -0.39 is 0 Å². The molecule has 2 aromatic rings. The van der Waals surface area contributed by atoms with Gasteiger partial charge in [0.15, 0.2) is 5.65 Å². The van der Waals surface area contributed by atoms with Gasteiger partial charge in [-0.25, -0.2) is 4.98 Å². The first-order valence-corrected chi connectivity index (χ1v) is 2.61. The van der Waals surface area contributed by atoms with E-state index in [1.54, 1.807) is 23.0 Å². The Bertz CT molecular complexity index is 355. The molecule has 0 aliphatic rings. The van der Waals surface area contributed by atoms with E-state index >= 15 is 0 Å². The predicted octanol–water partition coefficient (Wildman–Crippen LogP) is 0.729. The summed E-state index contributed by atoms with van der Waals surface area (Å²) >= 11 is 0. The fraction of sp³-hybridized carbons (Fsp3) is 0.